The number of hydrogen-bond acceptors (Lipinski definition) is 3. The van der Waals surface area contributed by atoms with Gasteiger partial charge in [0.25, 0.3) is 0 Å². The lowest BCUT2D eigenvalue weighted by atomic mass is 10.1. The largest absolute Gasteiger partial charge is 0.326 e. The summed E-state index contributed by atoms with van der Waals surface area (Å²) in [6.45, 7) is 1.15. The number of hydrogen-bond donors (Lipinski definition) is 1. The molecule has 1 fully saturated rings. The normalized spacial score (nSPS) is 15.2. The van der Waals surface area contributed by atoms with Gasteiger partial charge in [0.05, 0.1) is 11.3 Å². The van der Waals surface area contributed by atoms with Crippen LogP contribution in [-0.2, 0) is 21.2 Å². The second-order valence-corrected chi connectivity index (χ2v) is 8.84. The molecule has 2 aromatic carbocycles. The number of amides is 1. The summed E-state index contributed by atoms with van der Waals surface area (Å²) in [4.78, 5) is 12.4. The minimum atomic E-state index is -3.42. The predicted octanol–water partition coefficient (Wildman–Crippen LogP) is 3.41. The van der Waals surface area contributed by atoms with Gasteiger partial charge in [-0.25, -0.2) is 8.42 Å². The average molecular weight is 423 g/mol. The first-order chi connectivity index (χ1) is 11.9. The molecule has 0 bridgehead atoms. The molecule has 7 heteroatoms. The standard InChI is InChI=1S/C18H19BrN2O3S/c19-15-5-3-4-14(12-15)13-18(22)20-16-6-8-17(9-7-16)25(23,24)21-10-1-2-11-21/h3-9,12H,1-2,10-11,13H2,(H,20,22). The lowest BCUT2D eigenvalue weighted by Gasteiger charge is -2.15. The Labute approximate surface area is 156 Å². The highest BCUT2D eigenvalue weighted by Crippen LogP contribution is 2.22. The van der Waals surface area contributed by atoms with Crippen LogP contribution in [0.2, 0.25) is 0 Å². The number of nitrogens with zero attached hydrogens (tertiary/aromatic N) is 1. The molecule has 1 saturated heterocycles. The Hall–Kier alpha value is -1.70. The molecule has 0 aliphatic carbocycles. The highest BCUT2D eigenvalue weighted by Gasteiger charge is 2.26. The van der Waals surface area contributed by atoms with Crippen LogP contribution < -0.4 is 5.32 Å². The minimum Gasteiger partial charge on any atom is -0.326 e. The quantitative estimate of drug-likeness (QED) is 0.802. The van der Waals surface area contributed by atoms with E-state index in [1.165, 1.54) is 4.31 Å². The summed E-state index contributed by atoms with van der Waals surface area (Å²) in [5.74, 6) is -0.145. The molecule has 1 amide bonds. The first kappa shape index (κ1) is 18.1. The smallest absolute Gasteiger partial charge is 0.243 e. The molecule has 132 valence electrons. The molecule has 0 saturated carbocycles. The molecular weight excluding hydrogens is 404 g/mol. The van der Waals surface area contributed by atoms with Crippen LogP contribution >= 0.6 is 15.9 Å². The topological polar surface area (TPSA) is 66.5 Å². The van der Waals surface area contributed by atoms with E-state index < -0.39 is 10.0 Å². The van der Waals surface area contributed by atoms with Crippen molar-refractivity contribution < 1.29 is 13.2 Å². The predicted molar refractivity (Wildman–Crippen MR) is 101 cm³/mol. The van der Waals surface area contributed by atoms with Crippen molar-refractivity contribution in [1.29, 1.82) is 0 Å². The molecule has 2 aromatic rings. The van der Waals surface area contributed by atoms with E-state index in [-0.39, 0.29) is 17.2 Å². The van der Waals surface area contributed by atoms with Gasteiger partial charge in [-0.1, -0.05) is 28.1 Å². The van der Waals surface area contributed by atoms with Gasteiger partial charge < -0.3 is 5.32 Å². The molecule has 1 N–H and O–H groups in total. The van der Waals surface area contributed by atoms with E-state index in [4.69, 9.17) is 0 Å². The molecule has 0 radical (unpaired) electrons. The average Bonchev–Trinajstić information content (AvgIpc) is 3.10. The fourth-order valence-electron chi connectivity index (χ4n) is 2.83. The van der Waals surface area contributed by atoms with Crippen LogP contribution in [-0.4, -0.2) is 31.7 Å². The van der Waals surface area contributed by atoms with E-state index in [2.05, 4.69) is 21.2 Å². The number of rotatable bonds is 5. The van der Waals surface area contributed by atoms with Crippen LogP contribution in [0.3, 0.4) is 0 Å². The maximum absolute atomic E-state index is 12.5. The van der Waals surface area contributed by atoms with Crippen molar-refractivity contribution in [3.8, 4) is 0 Å². The zero-order valence-corrected chi connectivity index (χ0v) is 16.0. The highest BCUT2D eigenvalue weighted by molar-refractivity contribution is 9.10. The number of anilines is 1. The fraction of sp³-hybridized carbons (Fsp3) is 0.278. The van der Waals surface area contributed by atoms with E-state index in [0.29, 0.717) is 18.8 Å². The van der Waals surface area contributed by atoms with Crippen molar-refractivity contribution >= 4 is 37.5 Å². The van der Waals surface area contributed by atoms with E-state index in [9.17, 15) is 13.2 Å². The Balaban J connectivity index is 1.65. The second kappa shape index (κ2) is 7.68. The molecule has 3 rings (SSSR count). The van der Waals surface area contributed by atoms with Crippen LogP contribution in [0.25, 0.3) is 0 Å². The van der Waals surface area contributed by atoms with Crippen LogP contribution in [0.1, 0.15) is 18.4 Å². The summed E-state index contributed by atoms with van der Waals surface area (Å²) in [5, 5.41) is 2.80. The van der Waals surface area contributed by atoms with Gasteiger partial charge in [0, 0.05) is 23.2 Å². The molecule has 1 aliphatic heterocycles. The third kappa shape index (κ3) is 4.48. The summed E-state index contributed by atoms with van der Waals surface area (Å²) in [5.41, 5.74) is 1.49. The van der Waals surface area contributed by atoms with E-state index >= 15 is 0 Å². The Morgan fingerprint density at radius 2 is 1.76 bits per heavy atom. The van der Waals surface area contributed by atoms with E-state index in [1.54, 1.807) is 24.3 Å². The summed E-state index contributed by atoms with van der Waals surface area (Å²) < 4.78 is 27.4. The van der Waals surface area contributed by atoms with Gasteiger partial charge in [-0.2, -0.15) is 4.31 Å². The van der Waals surface area contributed by atoms with Gasteiger partial charge in [-0.05, 0) is 54.8 Å². The van der Waals surface area contributed by atoms with Gasteiger partial charge in [0.15, 0.2) is 0 Å². The Morgan fingerprint density at radius 3 is 2.40 bits per heavy atom. The van der Waals surface area contributed by atoms with Crippen LogP contribution in [0.5, 0.6) is 0 Å². The first-order valence-corrected chi connectivity index (χ1v) is 10.3. The van der Waals surface area contributed by atoms with E-state index in [1.807, 2.05) is 24.3 Å². The Kier molecular flexibility index (Phi) is 5.56. The van der Waals surface area contributed by atoms with Crippen molar-refractivity contribution in [3.63, 3.8) is 0 Å². The molecule has 1 aliphatic rings. The zero-order chi connectivity index (χ0) is 17.9. The SMILES string of the molecule is O=C(Cc1cccc(Br)c1)Nc1ccc(S(=O)(=O)N2CCCC2)cc1. The van der Waals surface area contributed by atoms with Crippen LogP contribution in [0, 0.1) is 0 Å². The van der Waals surface area contributed by atoms with Gasteiger partial charge in [0.1, 0.15) is 0 Å². The number of nitrogens with one attached hydrogen (secondary N) is 1. The lowest BCUT2D eigenvalue weighted by molar-refractivity contribution is -0.115. The molecule has 1 heterocycles. The second-order valence-electron chi connectivity index (χ2n) is 5.99. The van der Waals surface area contributed by atoms with Crippen molar-refractivity contribution in [2.45, 2.75) is 24.2 Å². The molecular formula is C18H19BrN2O3S. The number of carbonyl (C=O) groups excluding carboxylic acids is 1. The molecule has 25 heavy (non-hydrogen) atoms. The van der Waals surface area contributed by atoms with Crippen molar-refractivity contribution in [2.24, 2.45) is 0 Å². The summed E-state index contributed by atoms with van der Waals surface area (Å²) >= 11 is 3.38. The number of carbonyl (C=O) groups is 1. The third-order valence-corrected chi connectivity index (χ3v) is 6.50. The molecule has 0 spiro atoms. The molecule has 5 nitrogen and oxygen atoms in total. The Bertz CT molecular complexity index is 860. The van der Waals surface area contributed by atoms with Crippen LogP contribution in [0.15, 0.2) is 57.9 Å². The van der Waals surface area contributed by atoms with Crippen LogP contribution in [0.4, 0.5) is 5.69 Å². The monoisotopic (exact) mass is 422 g/mol. The van der Waals surface area contributed by atoms with Gasteiger partial charge in [-0.15, -0.1) is 0 Å². The van der Waals surface area contributed by atoms with Gasteiger partial charge >= 0.3 is 0 Å². The van der Waals surface area contributed by atoms with Gasteiger partial charge in [0.2, 0.25) is 15.9 Å². The van der Waals surface area contributed by atoms with E-state index in [0.717, 1.165) is 22.9 Å². The maximum atomic E-state index is 12.5. The lowest BCUT2D eigenvalue weighted by Crippen LogP contribution is -2.27. The first-order valence-electron chi connectivity index (χ1n) is 8.10. The maximum Gasteiger partial charge on any atom is 0.243 e. The van der Waals surface area contributed by atoms with Crippen molar-refractivity contribution in [2.75, 3.05) is 18.4 Å². The van der Waals surface area contributed by atoms with Crippen molar-refractivity contribution in [1.82, 2.24) is 4.31 Å². The number of benzene rings is 2. The molecule has 0 atom stereocenters. The minimum absolute atomic E-state index is 0.145. The zero-order valence-electron chi connectivity index (χ0n) is 13.6. The highest BCUT2D eigenvalue weighted by atomic mass is 79.9. The number of halogens is 1. The number of sulfonamides is 1. The fourth-order valence-corrected chi connectivity index (χ4v) is 4.79. The van der Waals surface area contributed by atoms with Crippen molar-refractivity contribution in [3.05, 3.63) is 58.6 Å². The third-order valence-electron chi connectivity index (χ3n) is 4.09. The van der Waals surface area contributed by atoms with Gasteiger partial charge in [-0.3, -0.25) is 4.79 Å². The summed E-state index contributed by atoms with van der Waals surface area (Å²) in [6.07, 6.45) is 2.07. The summed E-state index contributed by atoms with van der Waals surface area (Å²) in [6, 6.07) is 13.9. The molecule has 0 unspecified atom stereocenters. The Morgan fingerprint density at radius 1 is 1.08 bits per heavy atom. The summed E-state index contributed by atoms with van der Waals surface area (Å²) in [7, 11) is -3.42. The molecule has 0 aromatic heterocycles.